The molecule has 0 bridgehead atoms. The molecule has 0 aromatic heterocycles. The van der Waals surface area contributed by atoms with Crippen LogP contribution in [0.3, 0.4) is 0 Å². The van der Waals surface area contributed by atoms with E-state index < -0.39 is 42.0 Å². The normalized spacial score (nSPS) is 12.8. The first-order valence-corrected chi connectivity index (χ1v) is 13.7. The van der Waals surface area contributed by atoms with Crippen molar-refractivity contribution < 1.29 is 38.5 Å². The molecule has 0 radical (unpaired) electrons. The number of hydrogen-bond donors (Lipinski definition) is 3. The summed E-state index contributed by atoms with van der Waals surface area (Å²) in [5.41, 5.74) is 1.70. The number of carbonyl (C=O) groups excluding carboxylic acids is 4. The average molecular weight is 577 g/mol. The van der Waals surface area contributed by atoms with Crippen molar-refractivity contribution in [1.82, 2.24) is 10.6 Å². The van der Waals surface area contributed by atoms with Gasteiger partial charge in [-0.1, -0.05) is 72.8 Å². The molecule has 0 saturated heterocycles. The second-order valence-corrected chi connectivity index (χ2v) is 9.59. The van der Waals surface area contributed by atoms with Gasteiger partial charge in [0.2, 0.25) is 5.91 Å². The Hall–Kier alpha value is -4.70. The third-order valence-corrected chi connectivity index (χ3v) is 6.26. The van der Waals surface area contributed by atoms with Gasteiger partial charge >= 0.3 is 11.9 Å². The SMILES string of the molecule is C[C@@H](OCc1ccccc1)C(=O)O[C@H](C)[C@H](NC(=O)c1ccccc1O)C(=O)NCCCC(=O)OCc1ccccc1. The lowest BCUT2D eigenvalue weighted by Crippen LogP contribution is -2.54. The van der Waals surface area contributed by atoms with Gasteiger partial charge in [-0.2, -0.15) is 0 Å². The van der Waals surface area contributed by atoms with Crippen LogP contribution in [0.15, 0.2) is 84.9 Å². The van der Waals surface area contributed by atoms with Gasteiger partial charge < -0.3 is 30.0 Å². The molecule has 0 fully saturated rings. The van der Waals surface area contributed by atoms with E-state index in [1.165, 1.54) is 26.0 Å². The van der Waals surface area contributed by atoms with Crippen LogP contribution in [0.5, 0.6) is 5.75 Å². The van der Waals surface area contributed by atoms with Gasteiger partial charge in [-0.25, -0.2) is 4.79 Å². The van der Waals surface area contributed by atoms with Crippen LogP contribution in [0.25, 0.3) is 0 Å². The maximum Gasteiger partial charge on any atom is 0.335 e. The van der Waals surface area contributed by atoms with E-state index in [-0.39, 0.29) is 43.9 Å². The first kappa shape index (κ1) is 31.8. The van der Waals surface area contributed by atoms with Crippen molar-refractivity contribution in [1.29, 1.82) is 0 Å². The van der Waals surface area contributed by atoms with E-state index in [4.69, 9.17) is 14.2 Å². The van der Waals surface area contributed by atoms with E-state index in [1.54, 1.807) is 12.1 Å². The molecule has 0 aliphatic heterocycles. The number of aromatic hydroxyl groups is 1. The van der Waals surface area contributed by atoms with Crippen LogP contribution in [0.4, 0.5) is 0 Å². The van der Waals surface area contributed by atoms with Gasteiger partial charge in [0.05, 0.1) is 12.2 Å². The number of rotatable bonds is 15. The molecule has 3 N–H and O–H groups in total. The lowest BCUT2D eigenvalue weighted by atomic mass is 10.1. The molecule has 0 unspecified atom stereocenters. The second kappa shape index (κ2) is 16.5. The van der Waals surface area contributed by atoms with Crippen molar-refractivity contribution >= 4 is 23.8 Å². The quantitative estimate of drug-likeness (QED) is 0.184. The van der Waals surface area contributed by atoms with Crippen molar-refractivity contribution in [2.45, 2.75) is 58.2 Å². The van der Waals surface area contributed by atoms with Crippen LogP contribution in [0.2, 0.25) is 0 Å². The Morgan fingerprint density at radius 2 is 1.40 bits per heavy atom. The minimum Gasteiger partial charge on any atom is -0.507 e. The zero-order valence-corrected chi connectivity index (χ0v) is 23.7. The number of carbonyl (C=O) groups is 4. The number of nitrogens with one attached hydrogen (secondary N) is 2. The van der Waals surface area contributed by atoms with Gasteiger partial charge in [0.25, 0.3) is 5.91 Å². The number of benzene rings is 3. The van der Waals surface area contributed by atoms with Gasteiger partial charge in [-0.05, 0) is 43.5 Å². The number of hydrogen-bond acceptors (Lipinski definition) is 8. The Bertz CT molecular complexity index is 1320. The molecule has 10 nitrogen and oxygen atoms in total. The molecule has 0 aliphatic carbocycles. The van der Waals surface area contributed by atoms with Gasteiger partial charge in [-0.15, -0.1) is 0 Å². The largest absolute Gasteiger partial charge is 0.507 e. The lowest BCUT2D eigenvalue weighted by Gasteiger charge is -2.26. The van der Waals surface area contributed by atoms with Crippen LogP contribution in [0.1, 0.15) is 48.2 Å². The van der Waals surface area contributed by atoms with Crippen LogP contribution in [-0.4, -0.2) is 53.7 Å². The molecule has 0 aliphatic rings. The molecular weight excluding hydrogens is 540 g/mol. The van der Waals surface area contributed by atoms with E-state index in [0.29, 0.717) is 0 Å². The molecule has 0 spiro atoms. The molecule has 2 amide bonds. The summed E-state index contributed by atoms with van der Waals surface area (Å²) < 4.78 is 16.3. The van der Waals surface area contributed by atoms with Crippen molar-refractivity contribution in [2.24, 2.45) is 0 Å². The second-order valence-electron chi connectivity index (χ2n) is 9.59. The Morgan fingerprint density at radius 3 is 2.05 bits per heavy atom. The minimum atomic E-state index is -1.30. The third kappa shape index (κ3) is 10.4. The maximum atomic E-state index is 13.1. The standard InChI is InChI=1S/C32H36N2O8/c1-22(42-32(39)23(2)40-20-24-12-5-3-6-13-24)29(34-30(37)26-16-9-10-17-27(26)35)31(38)33-19-11-18-28(36)41-21-25-14-7-4-8-15-25/h3-10,12-17,22-23,29,35H,11,18-21H2,1-2H3,(H,33,38)(H,34,37)/t22-,23-,29+/m1/s1. The number of phenols is 1. The third-order valence-electron chi connectivity index (χ3n) is 6.26. The fourth-order valence-electron chi connectivity index (χ4n) is 3.86. The fourth-order valence-corrected chi connectivity index (χ4v) is 3.86. The zero-order valence-electron chi connectivity index (χ0n) is 23.7. The van der Waals surface area contributed by atoms with E-state index in [0.717, 1.165) is 11.1 Å². The van der Waals surface area contributed by atoms with E-state index in [1.807, 2.05) is 60.7 Å². The smallest absolute Gasteiger partial charge is 0.335 e. The van der Waals surface area contributed by atoms with E-state index in [2.05, 4.69) is 10.6 Å². The fraction of sp³-hybridized carbons (Fsp3) is 0.312. The molecule has 0 heterocycles. The summed E-state index contributed by atoms with van der Waals surface area (Å²) in [5, 5.41) is 15.3. The van der Waals surface area contributed by atoms with Crippen LogP contribution < -0.4 is 10.6 Å². The zero-order chi connectivity index (χ0) is 30.3. The van der Waals surface area contributed by atoms with E-state index >= 15 is 0 Å². The van der Waals surface area contributed by atoms with Crippen molar-refractivity contribution in [3.05, 3.63) is 102 Å². The molecule has 3 aromatic rings. The Morgan fingerprint density at radius 1 is 0.810 bits per heavy atom. The average Bonchev–Trinajstić information content (AvgIpc) is 3.00. The summed E-state index contributed by atoms with van der Waals surface area (Å²) in [6.45, 7) is 3.46. The summed E-state index contributed by atoms with van der Waals surface area (Å²) >= 11 is 0. The van der Waals surface area contributed by atoms with Crippen molar-refractivity contribution in [3.8, 4) is 5.75 Å². The summed E-state index contributed by atoms with van der Waals surface area (Å²) in [5.74, 6) is -2.75. The summed E-state index contributed by atoms with van der Waals surface area (Å²) in [7, 11) is 0. The number of esters is 2. The van der Waals surface area contributed by atoms with Gasteiger partial charge in [0.1, 0.15) is 24.5 Å². The first-order valence-electron chi connectivity index (χ1n) is 13.7. The predicted molar refractivity (Wildman–Crippen MR) is 154 cm³/mol. The van der Waals surface area contributed by atoms with Gasteiger partial charge in [0.15, 0.2) is 6.10 Å². The van der Waals surface area contributed by atoms with Crippen LogP contribution in [0, 0.1) is 0 Å². The highest BCUT2D eigenvalue weighted by Gasteiger charge is 2.32. The minimum absolute atomic E-state index is 0.0467. The molecule has 3 atom stereocenters. The highest BCUT2D eigenvalue weighted by atomic mass is 16.6. The van der Waals surface area contributed by atoms with Gasteiger partial charge in [0, 0.05) is 13.0 Å². The van der Waals surface area contributed by atoms with Crippen LogP contribution in [-0.2, 0) is 41.8 Å². The Balaban J connectivity index is 1.55. The summed E-state index contributed by atoms with van der Waals surface area (Å²) in [6.07, 6.45) is -1.67. The molecular formula is C32H36N2O8. The molecule has 42 heavy (non-hydrogen) atoms. The van der Waals surface area contributed by atoms with E-state index in [9.17, 15) is 24.3 Å². The molecule has 0 saturated carbocycles. The number of phenolic OH excluding ortho intramolecular Hbond substituents is 1. The van der Waals surface area contributed by atoms with Crippen molar-refractivity contribution in [2.75, 3.05) is 6.54 Å². The van der Waals surface area contributed by atoms with Gasteiger partial charge in [-0.3, -0.25) is 14.4 Å². The summed E-state index contributed by atoms with van der Waals surface area (Å²) in [6, 6.07) is 23.1. The molecule has 3 aromatic carbocycles. The number of amides is 2. The Labute approximate surface area is 245 Å². The molecule has 3 rings (SSSR count). The maximum absolute atomic E-state index is 13.1. The first-order chi connectivity index (χ1) is 20.2. The number of para-hydroxylation sites is 1. The highest BCUT2D eigenvalue weighted by Crippen LogP contribution is 2.16. The van der Waals surface area contributed by atoms with Crippen LogP contribution >= 0.6 is 0 Å². The molecule has 222 valence electrons. The van der Waals surface area contributed by atoms with Crippen molar-refractivity contribution in [3.63, 3.8) is 0 Å². The molecule has 10 heteroatoms. The topological polar surface area (TPSA) is 140 Å². The Kier molecular flexibility index (Phi) is 12.5. The predicted octanol–water partition coefficient (Wildman–Crippen LogP) is 3.67. The lowest BCUT2D eigenvalue weighted by molar-refractivity contribution is -0.163. The highest BCUT2D eigenvalue weighted by molar-refractivity contribution is 5.99. The number of ether oxygens (including phenoxy) is 3. The summed E-state index contributed by atoms with van der Waals surface area (Å²) in [4.78, 5) is 50.8. The monoisotopic (exact) mass is 576 g/mol.